The molecule has 0 spiro atoms. The Hall–Kier alpha value is -1.20. The maximum atomic E-state index is 9.03. The summed E-state index contributed by atoms with van der Waals surface area (Å²) in [5.74, 6) is 1.52. The van der Waals surface area contributed by atoms with E-state index in [2.05, 4.69) is 21.8 Å². The monoisotopic (exact) mass is 236 g/mol. The number of anilines is 1. The SMILES string of the molecule is CC1CCN(c2nccc(C(N)CO)n2)CC1. The normalized spacial score (nSPS) is 19.4. The zero-order valence-corrected chi connectivity index (χ0v) is 10.2. The molecule has 0 saturated carbocycles. The Morgan fingerprint density at radius 1 is 1.53 bits per heavy atom. The molecule has 0 bridgehead atoms. The minimum Gasteiger partial charge on any atom is -0.394 e. The third-order valence-electron chi connectivity index (χ3n) is 3.31. The van der Waals surface area contributed by atoms with Crippen molar-refractivity contribution < 1.29 is 5.11 Å². The molecule has 0 aliphatic carbocycles. The Labute approximate surface area is 102 Å². The molecule has 1 aliphatic heterocycles. The summed E-state index contributed by atoms with van der Waals surface area (Å²) in [6.45, 7) is 4.18. The van der Waals surface area contributed by atoms with Crippen LogP contribution in [0.25, 0.3) is 0 Å². The molecule has 0 radical (unpaired) electrons. The Balaban J connectivity index is 2.10. The predicted octanol–water partition coefficient (Wildman–Crippen LogP) is 0.705. The van der Waals surface area contributed by atoms with Crippen molar-refractivity contribution in [2.75, 3.05) is 24.6 Å². The summed E-state index contributed by atoms with van der Waals surface area (Å²) in [6.07, 6.45) is 4.07. The number of aliphatic hydroxyl groups is 1. The van der Waals surface area contributed by atoms with Crippen LogP contribution in [0.3, 0.4) is 0 Å². The van der Waals surface area contributed by atoms with Crippen LogP contribution in [0, 0.1) is 5.92 Å². The van der Waals surface area contributed by atoms with Crippen molar-refractivity contribution in [3.05, 3.63) is 18.0 Å². The molecule has 1 aromatic rings. The molecule has 0 amide bonds. The van der Waals surface area contributed by atoms with Crippen LogP contribution in [-0.2, 0) is 0 Å². The topological polar surface area (TPSA) is 75.3 Å². The lowest BCUT2D eigenvalue weighted by Crippen LogP contribution is -2.34. The summed E-state index contributed by atoms with van der Waals surface area (Å²) < 4.78 is 0. The summed E-state index contributed by atoms with van der Waals surface area (Å²) in [5.41, 5.74) is 6.46. The van der Waals surface area contributed by atoms with Gasteiger partial charge in [0.2, 0.25) is 5.95 Å². The molecule has 1 atom stereocenters. The van der Waals surface area contributed by atoms with E-state index in [0.29, 0.717) is 5.69 Å². The Kier molecular flexibility index (Phi) is 3.91. The highest BCUT2D eigenvalue weighted by atomic mass is 16.3. The second kappa shape index (κ2) is 5.42. The molecule has 5 heteroatoms. The summed E-state index contributed by atoms with van der Waals surface area (Å²) in [4.78, 5) is 10.9. The number of hydrogen-bond donors (Lipinski definition) is 2. The first-order valence-corrected chi connectivity index (χ1v) is 6.15. The average molecular weight is 236 g/mol. The molecule has 17 heavy (non-hydrogen) atoms. The highest BCUT2D eigenvalue weighted by Gasteiger charge is 2.18. The highest BCUT2D eigenvalue weighted by Crippen LogP contribution is 2.20. The van der Waals surface area contributed by atoms with E-state index in [1.165, 1.54) is 12.8 Å². The fourth-order valence-corrected chi connectivity index (χ4v) is 2.02. The van der Waals surface area contributed by atoms with Gasteiger partial charge in [0.25, 0.3) is 0 Å². The number of aromatic nitrogens is 2. The molecular weight excluding hydrogens is 216 g/mol. The molecule has 1 unspecified atom stereocenters. The first-order valence-electron chi connectivity index (χ1n) is 6.15. The molecule has 1 aliphatic rings. The second-order valence-corrected chi connectivity index (χ2v) is 4.74. The largest absolute Gasteiger partial charge is 0.394 e. The minimum absolute atomic E-state index is 0.0898. The van der Waals surface area contributed by atoms with Gasteiger partial charge in [0.15, 0.2) is 0 Å². The van der Waals surface area contributed by atoms with Crippen LogP contribution in [0.5, 0.6) is 0 Å². The van der Waals surface area contributed by atoms with Gasteiger partial charge in [-0.15, -0.1) is 0 Å². The van der Waals surface area contributed by atoms with Crippen molar-refractivity contribution in [2.45, 2.75) is 25.8 Å². The van der Waals surface area contributed by atoms with Gasteiger partial charge < -0.3 is 15.7 Å². The Morgan fingerprint density at radius 3 is 2.88 bits per heavy atom. The van der Waals surface area contributed by atoms with Crippen LogP contribution in [0.2, 0.25) is 0 Å². The van der Waals surface area contributed by atoms with E-state index in [-0.39, 0.29) is 6.61 Å². The third kappa shape index (κ3) is 2.92. The van der Waals surface area contributed by atoms with Gasteiger partial charge in [0.1, 0.15) is 0 Å². The van der Waals surface area contributed by atoms with Gasteiger partial charge in [-0.2, -0.15) is 0 Å². The standard InChI is InChI=1S/C12H20N4O/c1-9-3-6-16(7-4-9)12-14-5-2-11(15-12)10(13)8-17/h2,5,9-10,17H,3-4,6-8,13H2,1H3. The number of hydrogen-bond acceptors (Lipinski definition) is 5. The molecule has 3 N–H and O–H groups in total. The molecule has 94 valence electrons. The van der Waals surface area contributed by atoms with Crippen LogP contribution in [0.15, 0.2) is 12.3 Å². The van der Waals surface area contributed by atoms with Crippen LogP contribution in [0.1, 0.15) is 31.5 Å². The van der Waals surface area contributed by atoms with E-state index in [1.807, 2.05) is 0 Å². The van der Waals surface area contributed by atoms with E-state index < -0.39 is 6.04 Å². The smallest absolute Gasteiger partial charge is 0.225 e. The molecule has 0 aromatic carbocycles. The lowest BCUT2D eigenvalue weighted by Gasteiger charge is -2.30. The van der Waals surface area contributed by atoms with Crippen molar-refractivity contribution in [1.29, 1.82) is 0 Å². The Bertz CT molecular complexity index is 363. The van der Waals surface area contributed by atoms with Gasteiger partial charge in [-0.1, -0.05) is 6.92 Å². The van der Waals surface area contributed by atoms with Gasteiger partial charge in [0.05, 0.1) is 18.3 Å². The van der Waals surface area contributed by atoms with Crippen LogP contribution < -0.4 is 10.6 Å². The van der Waals surface area contributed by atoms with E-state index in [0.717, 1.165) is 25.0 Å². The van der Waals surface area contributed by atoms with E-state index in [9.17, 15) is 0 Å². The van der Waals surface area contributed by atoms with Gasteiger partial charge in [-0.25, -0.2) is 9.97 Å². The number of aliphatic hydroxyl groups excluding tert-OH is 1. The van der Waals surface area contributed by atoms with Crippen molar-refractivity contribution in [1.82, 2.24) is 9.97 Å². The van der Waals surface area contributed by atoms with E-state index >= 15 is 0 Å². The van der Waals surface area contributed by atoms with Crippen molar-refractivity contribution >= 4 is 5.95 Å². The highest BCUT2D eigenvalue weighted by molar-refractivity contribution is 5.31. The van der Waals surface area contributed by atoms with E-state index in [1.54, 1.807) is 12.3 Å². The summed E-state index contributed by atoms with van der Waals surface area (Å²) in [6, 6.07) is 1.34. The van der Waals surface area contributed by atoms with E-state index in [4.69, 9.17) is 10.8 Å². The number of rotatable bonds is 3. The molecule has 2 heterocycles. The Morgan fingerprint density at radius 2 is 2.24 bits per heavy atom. The second-order valence-electron chi connectivity index (χ2n) is 4.74. The van der Waals surface area contributed by atoms with Gasteiger partial charge in [-0.05, 0) is 24.8 Å². The van der Waals surface area contributed by atoms with Crippen LogP contribution >= 0.6 is 0 Å². The molecule has 1 saturated heterocycles. The van der Waals surface area contributed by atoms with Crippen LogP contribution in [0.4, 0.5) is 5.95 Å². The lowest BCUT2D eigenvalue weighted by molar-refractivity contribution is 0.265. The van der Waals surface area contributed by atoms with Gasteiger partial charge in [0, 0.05) is 19.3 Å². The molecule has 5 nitrogen and oxygen atoms in total. The molecular formula is C12H20N4O. The molecule has 1 fully saturated rings. The fraction of sp³-hybridized carbons (Fsp3) is 0.667. The van der Waals surface area contributed by atoms with Crippen molar-refractivity contribution in [3.63, 3.8) is 0 Å². The maximum Gasteiger partial charge on any atom is 0.225 e. The fourth-order valence-electron chi connectivity index (χ4n) is 2.02. The lowest BCUT2D eigenvalue weighted by atomic mass is 10.00. The zero-order chi connectivity index (χ0) is 12.3. The number of nitrogens with zero attached hydrogens (tertiary/aromatic N) is 3. The molecule has 1 aromatic heterocycles. The van der Waals surface area contributed by atoms with Crippen molar-refractivity contribution in [2.24, 2.45) is 11.7 Å². The molecule has 2 rings (SSSR count). The first-order chi connectivity index (χ1) is 8.20. The predicted molar refractivity (Wildman–Crippen MR) is 66.7 cm³/mol. The van der Waals surface area contributed by atoms with Crippen molar-refractivity contribution in [3.8, 4) is 0 Å². The summed E-state index contributed by atoms with van der Waals surface area (Å²) >= 11 is 0. The first kappa shape index (κ1) is 12.3. The van der Waals surface area contributed by atoms with Gasteiger partial charge in [-0.3, -0.25) is 0 Å². The summed E-state index contributed by atoms with van der Waals surface area (Å²) in [5, 5.41) is 9.03. The average Bonchev–Trinajstić information content (AvgIpc) is 2.39. The maximum absolute atomic E-state index is 9.03. The number of nitrogens with two attached hydrogens (primary N) is 1. The quantitative estimate of drug-likeness (QED) is 0.808. The van der Waals surface area contributed by atoms with Gasteiger partial charge >= 0.3 is 0 Å². The number of piperidine rings is 1. The summed E-state index contributed by atoms with van der Waals surface area (Å²) in [7, 11) is 0. The zero-order valence-electron chi connectivity index (χ0n) is 10.2. The minimum atomic E-state index is -0.416. The third-order valence-corrected chi connectivity index (χ3v) is 3.31. The van der Waals surface area contributed by atoms with Crippen LogP contribution in [-0.4, -0.2) is 34.8 Å².